The summed E-state index contributed by atoms with van der Waals surface area (Å²) in [5.74, 6) is 1.72. The van der Waals surface area contributed by atoms with Gasteiger partial charge in [-0.05, 0) is 44.8 Å². The van der Waals surface area contributed by atoms with Crippen molar-refractivity contribution >= 4 is 5.91 Å². The van der Waals surface area contributed by atoms with Crippen molar-refractivity contribution in [3.05, 3.63) is 24.0 Å². The molecule has 0 aromatic carbocycles. The molecule has 0 saturated carbocycles. The first-order valence-electron chi connectivity index (χ1n) is 8.83. The zero-order valence-corrected chi connectivity index (χ0v) is 14.4. The van der Waals surface area contributed by atoms with Crippen molar-refractivity contribution in [3.63, 3.8) is 0 Å². The van der Waals surface area contributed by atoms with E-state index in [1.807, 2.05) is 24.1 Å². The van der Waals surface area contributed by atoms with E-state index in [4.69, 9.17) is 9.47 Å². The maximum atomic E-state index is 12.3. The van der Waals surface area contributed by atoms with Crippen LogP contribution >= 0.6 is 0 Å². The van der Waals surface area contributed by atoms with Crippen molar-refractivity contribution in [1.29, 1.82) is 0 Å². The number of ether oxygens (including phenoxy) is 2. The summed E-state index contributed by atoms with van der Waals surface area (Å²) in [7, 11) is 0. The summed E-state index contributed by atoms with van der Waals surface area (Å²) in [5.41, 5.74) is 1.08. The van der Waals surface area contributed by atoms with E-state index < -0.39 is 0 Å². The van der Waals surface area contributed by atoms with Gasteiger partial charge in [-0.25, -0.2) is 0 Å². The van der Waals surface area contributed by atoms with E-state index in [0.29, 0.717) is 25.7 Å². The normalized spacial score (nSPS) is 20.1. The second kappa shape index (κ2) is 8.44. The molecule has 6 nitrogen and oxygen atoms in total. The highest BCUT2D eigenvalue weighted by Crippen LogP contribution is 2.21. The highest BCUT2D eigenvalue weighted by Gasteiger charge is 2.24. The predicted molar refractivity (Wildman–Crippen MR) is 91.0 cm³/mol. The predicted octanol–water partition coefficient (Wildman–Crippen LogP) is 1.34. The van der Waals surface area contributed by atoms with Crippen molar-refractivity contribution < 1.29 is 14.3 Å². The largest absolute Gasteiger partial charge is 0.493 e. The Morgan fingerprint density at radius 3 is 2.75 bits per heavy atom. The molecule has 0 bridgehead atoms. The summed E-state index contributed by atoms with van der Waals surface area (Å²) >= 11 is 0. The lowest BCUT2D eigenvalue weighted by Crippen LogP contribution is -2.47. The van der Waals surface area contributed by atoms with Gasteiger partial charge in [0.1, 0.15) is 5.75 Å². The third-order valence-electron chi connectivity index (χ3n) is 4.87. The monoisotopic (exact) mass is 333 g/mol. The second-order valence-electron chi connectivity index (χ2n) is 6.66. The first-order chi connectivity index (χ1) is 11.7. The number of rotatable bonds is 5. The molecule has 132 valence electrons. The van der Waals surface area contributed by atoms with E-state index in [9.17, 15) is 4.79 Å². The zero-order chi connectivity index (χ0) is 16.8. The first kappa shape index (κ1) is 17.2. The third-order valence-corrected chi connectivity index (χ3v) is 4.87. The molecule has 0 aliphatic carbocycles. The molecule has 0 N–H and O–H groups in total. The number of aromatic nitrogens is 1. The summed E-state index contributed by atoms with van der Waals surface area (Å²) < 4.78 is 11.2. The van der Waals surface area contributed by atoms with Gasteiger partial charge in [0.15, 0.2) is 0 Å². The van der Waals surface area contributed by atoms with Crippen molar-refractivity contribution in [2.24, 2.45) is 5.92 Å². The quantitative estimate of drug-likeness (QED) is 0.814. The molecule has 6 heteroatoms. The SMILES string of the molecule is Cc1cnccc1OCC1CCN(CC(=O)N2CCOCC2)CC1. The molecule has 0 radical (unpaired) electrons. The highest BCUT2D eigenvalue weighted by molar-refractivity contribution is 5.78. The molecular weight excluding hydrogens is 306 g/mol. The van der Waals surface area contributed by atoms with E-state index >= 15 is 0 Å². The van der Waals surface area contributed by atoms with Crippen LogP contribution in [0.4, 0.5) is 0 Å². The summed E-state index contributed by atoms with van der Waals surface area (Å²) in [6.45, 7) is 8.04. The minimum Gasteiger partial charge on any atom is -0.493 e. The van der Waals surface area contributed by atoms with Gasteiger partial charge in [-0.15, -0.1) is 0 Å². The van der Waals surface area contributed by atoms with E-state index in [0.717, 1.165) is 56.9 Å². The standard InChI is InChI=1S/C18H27N3O3/c1-15-12-19-5-2-17(15)24-14-16-3-6-20(7-4-16)13-18(22)21-8-10-23-11-9-21/h2,5,12,16H,3-4,6-11,13-14H2,1H3. The number of pyridine rings is 1. The number of hydrogen-bond donors (Lipinski definition) is 0. The van der Waals surface area contributed by atoms with Crippen molar-refractivity contribution in [3.8, 4) is 5.75 Å². The van der Waals surface area contributed by atoms with Crippen LogP contribution in [0.5, 0.6) is 5.75 Å². The lowest BCUT2D eigenvalue weighted by molar-refractivity contribution is -0.136. The van der Waals surface area contributed by atoms with Crippen LogP contribution in [0.15, 0.2) is 18.5 Å². The van der Waals surface area contributed by atoms with Crippen LogP contribution in [0.2, 0.25) is 0 Å². The van der Waals surface area contributed by atoms with Gasteiger partial charge in [0.2, 0.25) is 5.91 Å². The molecular formula is C18H27N3O3. The Hall–Kier alpha value is -1.66. The lowest BCUT2D eigenvalue weighted by Gasteiger charge is -2.34. The van der Waals surface area contributed by atoms with Gasteiger partial charge in [-0.2, -0.15) is 0 Å². The highest BCUT2D eigenvalue weighted by atomic mass is 16.5. The van der Waals surface area contributed by atoms with Gasteiger partial charge in [-0.1, -0.05) is 0 Å². The number of aryl methyl sites for hydroxylation is 1. The van der Waals surface area contributed by atoms with Gasteiger partial charge in [-0.3, -0.25) is 14.7 Å². The van der Waals surface area contributed by atoms with Crippen molar-refractivity contribution in [2.45, 2.75) is 19.8 Å². The minimum atomic E-state index is 0.236. The molecule has 3 heterocycles. The Morgan fingerprint density at radius 2 is 2.04 bits per heavy atom. The van der Waals surface area contributed by atoms with Crippen LogP contribution in [-0.4, -0.2) is 73.2 Å². The molecule has 0 atom stereocenters. The molecule has 0 unspecified atom stereocenters. The molecule has 2 saturated heterocycles. The Balaban J connectivity index is 1.38. The molecule has 24 heavy (non-hydrogen) atoms. The van der Waals surface area contributed by atoms with Crippen molar-refractivity contribution in [2.75, 3.05) is 52.5 Å². The number of likely N-dealkylation sites (tertiary alicyclic amines) is 1. The van der Waals surface area contributed by atoms with Gasteiger partial charge < -0.3 is 14.4 Å². The maximum absolute atomic E-state index is 12.3. The Labute approximate surface area is 143 Å². The van der Waals surface area contributed by atoms with Crippen molar-refractivity contribution in [1.82, 2.24) is 14.8 Å². The van der Waals surface area contributed by atoms with Crippen LogP contribution in [0.3, 0.4) is 0 Å². The van der Waals surface area contributed by atoms with Gasteiger partial charge in [0.05, 0.1) is 26.4 Å². The Morgan fingerprint density at radius 1 is 1.29 bits per heavy atom. The fourth-order valence-corrected chi connectivity index (χ4v) is 3.25. The number of nitrogens with zero attached hydrogens (tertiary/aromatic N) is 3. The third kappa shape index (κ3) is 4.68. The number of morpholine rings is 1. The molecule has 3 rings (SSSR count). The van der Waals surface area contributed by atoms with E-state index in [1.165, 1.54) is 0 Å². The Kier molecular flexibility index (Phi) is 6.04. The van der Waals surface area contributed by atoms with Gasteiger partial charge in [0, 0.05) is 31.0 Å². The summed E-state index contributed by atoms with van der Waals surface area (Å²) in [6, 6.07) is 1.92. The molecule has 1 amide bonds. The molecule has 1 aromatic heterocycles. The van der Waals surface area contributed by atoms with Gasteiger partial charge in [0.25, 0.3) is 0 Å². The van der Waals surface area contributed by atoms with Gasteiger partial charge >= 0.3 is 0 Å². The van der Waals surface area contributed by atoms with Crippen LogP contribution in [0.1, 0.15) is 18.4 Å². The minimum absolute atomic E-state index is 0.236. The fourth-order valence-electron chi connectivity index (χ4n) is 3.25. The Bertz CT molecular complexity index is 538. The lowest BCUT2D eigenvalue weighted by atomic mass is 9.98. The van der Waals surface area contributed by atoms with Crippen LogP contribution in [0.25, 0.3) is 0 Å². The van der Waals surface area contributed by atoms with E-state index in [1.54, 1.807) is 6.20 Å². The van der Waals surface area contributed by atoms with E-state index in [-0.39, 0.29) is 5.91 Å². The molecule has 2 aliphatic rings. The number of carbonyl (C=O) groups is 1. The summed E-state index contributed by atoms with van der Waals surface area (Å²) in [5, 5.41) is 0. The van der Waals surface area contributed by atoms with Crippen LogP contribution in [-0.2, 0) is 9.53 Å². The summed E-state index contributed by atoms with van der Waals surface area (Å²) in [6.07, 6.45) is 5.76. The number of carbonyl (C=O) groups excluding carboxylic acids is 1. The maximum Gasteiger partial charge on any atom is 0.236 e. The summed E-state index contributed by atoms with van der Waals surface area (Å²) in [4.78, 5) is 20.6. The second-order valence-corrected chi connectivity index (χ2v) is 6.66. The fraction of sp³-hybridized carbons (Fsp3) is 0.667. The molecule has 1 aromatic rings. The van der Waals surface area contributed by atoms with E-state index in [2.05, 4.69) is 9.88 Å². The first-order valence-corrected chi connectivity index (χ1v) is 8.83. The molecule has 0 spiro atoms. The zero-order valence-electron chi connectivity index (χ0n) is 14.4. The number of piperidine rings is 1. The average molecular weight is 333 g/mol. The molecule has 2 fully saturated rings. The topological polar surface area (TPSA) is 54.9 Å². The smallest absolute Gasteiger partial charge is 0.236 e. The number of hydrogen-bond acceptors (Lipinski definition) is 5. The molecule has 2 aliphatic heterocycles. The number of amides is 1. The average Bonchev–Trinajstić information content (AvgIpc) is 2.63. The van der Waals surface area contributed by atoms with Crippen LogP contribution < -0.4 is 4.74 Å². The van der Waals surface area contributed by atoms with Crippen LogP contribution in [0, 0.1) is 12.8 Å².